The molecule has 0 fully saturated rings. The molecule has 0 radical (unpaired) electrons. The zero-order valence-corrected chi connectivity index (χ0v) is 14.0. The van der Waals surface area contributed by atoms with Gasteiger partial charge in [0.05, 0.1) is 18.4 Å². The van der Waals surface area contributed by atoms with Crippen LogP contribution in [0.3, 0.4) is 0 Å². The van der Waals surface area contributed by atoms with Gasteiger partial charge in [0.15, 0.2) is 0 Å². The monoisotopic (exact) mass is 344 g/mol. The third kappa shape index (κ3) is 6.27. The fraction of sp³-hybridized carbons (Fsp3) is 0.357. The number of carbonyl (C=O) groups is 1. The van der Waals surface area contributed by atoms with Crippen LogP contribution in [0.5, 0.6) is 5.88 Å². The Bertz CT molecular complexity index is 746. The summed E-state index contributed by atoms with van der Waals surface area (Å²) in [4.78, 5) is 11.9. The van der Waals surface area contributed by atoms with Crippen molar-refractivity contribution in [2.24, 2.45) is 0 Å². The average Bonchev–Trinajstić information content (AvgIpc) is 2.83. The minimum atomic E-state index is -3.67. The van der Waals surface area contributed by atoms with Gasteiger partial charge in [-0.05, 0) is 6.07 Å². The topological polar surface area (TPSA) is 107 Å². The van der Waals surface area contributed by atoms with Crippen molar-refractivity contribution in [1.29, 1.82) is 0 Å². The summed E-state index contributed by atoms with van der Waals surface area (Å²) in [5.41, 5.74) is 0.823. The first-order chi connectivity index (χ1) is 10.8. The minimum absolute atomic E-state index is 0.219. The van der Waals surface area contributed by atoms with Gasteiger partial charge in [0.2, 0.25) is 5.88 Å². The summed E-state index contributed by atoms with van der Waals surface area (Å²) in [7, 11) is -0.465. The van der Waals surface area contributed by atoms with Gasteiger partial charge in [0.25, 0.3) is 10.1 Å². The molecule has 1 heterocycles. The Morgan fingerprint density at radius 3 is 2.48 bits per heavy atom. The first-order valence-electron chi connectivity index (χ1n) is 6.64. The van der Waals surface area contributed by atoms with Crippen molar-refractivity contribution in [2.75, 3.05) is 33.6 Å². The van der Waals surface area contributed by atoms with Crippen LogP contribution in [0.1, 0.15) is 0 Å². The van der Waals surface area contributed by atoms with Crippen molar-refractivity contribution in [1.82, 2.24) is 9.88 Å². The van der Waals surface area contributed by atoms with Crippen LogP contribution in [0, 0.1) is 0 Å². The summed E-state index contributed by atoms with van der Waals surface area (Å²) in [6, 6.07) is 9.27. The smallest absolute Gasteiger partial charge is 0.328 e. The number of hydrogen-bond donors (Lipinski definition) is 2. The van der Waals surface area contributed by atoms with E-state index in [1.807, 2.05) is 30.3 Å². The van der Waals surface area contributed by atoms with E-state index in [0.717, 1.165) is 10.9 Å². The van der Waals surface area contributed by atoms with Gasteiger partial charge in [-0.25, -0.2) is 9.36 Å². The Hall–Kier alpha value is -2.10. The first-order valence-corrected chi connectivity index (χ1v) is 8.49. The molecule has 8 nitrogen and oxygen atoms in total. The quantitative estimate of drug-likeness (QED) is 0.640. The summed E-state index contributed by atoms with van der Waals surface area (Å²) in [5, 5.41) is 3.57. The second-order valence-corrected chi connectivity index (χ2v) is 5.97. The number of methoxy groups -OCH3 is 1. The second kappa shape index (κ2) is 8.51. The van der Waals surface area contributed by atoms with Crippen LogP contribution in [-0.4, -0.2) is 57.2 Å². The van der Waals surface area contributed by atoms with Crippen molar-refractivity contribution in [3.05, 3.63) is 30.3 Å². The molecule has 23 heavy (non-hydrogen) atoms. The molecule has 0 saturated carbocycles. The molecule has 2 N–H and O–H groups in total. The third-order valence-corrected chi connectivity index (χ3v) is 2.63. The number of fused-ring (bicyclic) bond motifs is 1. The summed E-state index contributed by atoms with van der Waals surface area (Å²) in [5.74, 6) is 0.521. The fourth-order valence-corrected chi connectivity index (χ4v) is 1.79. The molecule has 0 aliphatic carbocycles. The molecular formula is C14H20N2O6S. The molecule has 0 saturated heterocycles. The number of nitrogens with one attached hydrogen (secondary N) is 1. The maximum absolute atomic E-state index is 11.9. The normalized spacial score (nSPS) is 10.8. The minimum Gasteiger partial charge on any atom is -0.476 e. The maximum Gasteiger partial charge on any atom is 0.328 e. The molecule has 9 heteroatoms. The molecular weight excluding hydrogens is 324 g/mol. The van der Waals surface area contributed by atoms with E-state index in [9.17, 15) is 13.2 Å². The molecule has 0 aliphatic heterocycles. The molecule has 128 valence electrons. The summed E-state index contributed by atoms with van der Waals surface area (Å²) in [6.07, 6.45) is 0.715. The van der Waals surface area contributed by atoms with E-state index in [0.29, 0.717) is 25.3 Å². The number of ether oxygens (including phenoxy) is 2. The van der Waals surface area contributed by atoms with Gasteiger partial charge in [0, 0.05) is 25.6 Å². The number of nitrogens with zero attached hydrogens (tertiary/aromatic N) is 1. The number of aromatic nitrogens is 1. The van der Waals surface area contributed by atoms with Gasteiger partial charge in [0.1, 0.15) is 6.61 Å². The third-order valence-electron chi connectivity index (χ3n) is 2.63. The number of amides is 1. The molecule has 2 rings (SSSR count). The number of hydrogen-bond acceptors (Lipinski definition) is 5. The van der Waals surface area contributed by atoms with E-state index in [4.69, 9.17) is 14.0 Å². The molecule has 0 aliphatic rings. The van der Waals surface area contributed by atoms with E-state index in [-0.39, 0.29) is 6.03 Å². The van der Waals surface area contributed by atoms with Crippen LogP contribution in [0.4, 0.5) is 4.79 Å². The van der Waals surface area contributed by atoms with Gasteiger partial charge < -0.3 is 14.8 Å². The lowest BCUT2D eigenvalue weighted by Gasteiger charge is -2.09. The number of carbonyl (C=O) groups excluding carboxylic acids is 1. The lowest BCUT2D eigenvalue weighted by Crippen LogP contribution is -2.25. The van der Waals surface area contributed by atoms with Crippen LogP contribution in [-0.2, 0) is 14.9 Å². The largest absolute Gasteiger partial charge is 0.476 e. The van der Waals surface area contributed by atoms with Gasteiger partial charge in [-0.15, -0.1) is 0 Å². The molecule has 1 aromatic heterocycles. The molecule has 0 unspecified atom stereocenters. The van der Waals surface area contributed by atoms with E-state index in [1.54, 1.807) is 14.2 Å². The lowest BCUT2D eigenvalue weighted by molar-refractivity contribution is 0.142. The summed E-state index contributed by atoms with van der Waals surface area (Å²) in [6.45, 7) is 0.888. The molecule has 0 atom stereocenters. The van der Waals surface area contributed by atoms with E-state index in [2.05, 4.69) is 5.32 Å². The molecule has 2 aromatic rings. The Morgan fingerprint density at radius 2 is 1.91 bits per heavy atom. The van der Waals surface area contributed by atoms with Crippen molar-refractivity contribution in [3.63, 3.8) is 0 Å². The predicted molar refractivity (Wildman–Crippen MR) is 86.6 cm³/mol. The van der Waals surface area contributed by atoms with Crippen LogP contribution < -0.4 is 10.1 Å². The van der Waals surface area contributed by atoms with Gasteiger partial charge in [-0.3, -0.25) is 4.55 Å². The average molecular weight is 344 g/mol. The number of rotatable bonds is 4. The zero-order valence-electron chi connectivity index (χ0n) is 13.1. The highest BCUT2D eigenvalue weighted by Gasteiger charge is 2.14. The maximum atomic E-state index is 11.9. The first kappa shape index (κ1) is 18.9. The highest BCUT2D eigenvalue weighted by atomic mass is 32.2. The number of para-hydroxylation sites is 1. The van der Waals surface area contributed by atoms with Gasteiger partial charge in [-0.1, -0.05) is 18.2 Å². The van der Waals surface area contributed by atoms with E-state index in [1.165, 1.54) is 4.57 Å². The molecule has 0 bridgehead atoms. The van der Waals surface area contributed by atoms with Crippen molar-refractivity contribution in [3.8, 4) is 5.88 Å². The Morgan fingerprint density at radius 1 is 1.30 bits per heavy atom. The standard InChI is InChI=1S/C13H16N2O3.CH4O3S/c1-14-13(16)15-11-6-4-3-5-10(11)9-12(15)18-8-7-17-2;1-5(2,3)4/h3-6,9H,7-8H2,1-2H3,(H,14,16);1H3,(H,2,3,4). The van der Waals surface area contributed by atoms with Crippen molar-refractivity contribution in [2.45, 2.75) is 0 Å². The molecule has 0 spiro atoms. The number of benzene rings is 1. The lowest BCUT2D eigenvalue weighted by atomic mass is 10.2. The van der Waals surface area contributed by atoms with Crippen molar-refractivity contribution >= 4 is 27.1 Å². The highest BCUT2D eigenvalue weighted by molar-refractivity contribution is 7.85. The van der Waals surface area contributed by atoms with Crippen LogP contribution >= 0.6 is 0 Å². The molecule has 1 amide bonds. The zero-order chi connectivity index (χ0) is 17.5. The Labute approximate surface area is 134 Å². The Balaban J connectivity index is 0.000000463. The Kier molecular flexibility index (Phi) is 7.01. The predicted octanol–water partition coefficient (Wildman–Crippen LogP) is 1.36. The van der Waals surface area contributed by atoms with Crippen molar-refractivity contribution < 1.29 is 27.2 Å². The SMILES string of the molecule is CNC(=O)n1c(OCCOC)cc2ccccc21.CS(=O)(=O)O. The van der Waals surface area contributed by atoms with Crippen LogP contribution in [0.2, 0.25) is 0 Å². The highest BCUT2D eigenvalue weighted by Crippen LogP contribution is 2.25. The van der Waals surface area contributed by atoms with Crippen LogP contribution in [0.25, 0.3) is 10.9 Å². The summed E-state index contributed by atoms with van der Waals surface area (Å²) >= 11 is 0. The van der Waals surface area contributed by atoms with E-state index >= 15 is 0 Å². The second-order valence-electron chi connectivity index (χ2n) is 4.51. The fourth-order valence-electron chi connectivity index (χ4n) is 1.79. The molecule has 1 aromatic carbocycles. The van der Waals surface area contributed by atoms with Gasteiger partial charge >= 0.3 is 6.03 Å². The van der Waals surface area contributed by atoms with Crippen LogP contribution in [0.15, 0.2) is 30.3 Å². The van der Waals surface area contributed by atoms with E-state index < -0.39 is 10.1 Å². The van der Waals surface area contributed by atoms with Gasteiger partial charge in [-0.2, -0.15) is 8.42 Å². The summed E-state index contributed by atoms with van der Waals surface area (Å²) < 4.78 is 37.9.